The molecular weight excluding hydrogens is 252 g/mol. The summed E-state index contributed by atoms with van der Waals surface area (Å²) in [5, 5.41) is 10.9. The molecule has 0 aliphatic heterocycles. The van der Waals surface area contributed by atoms with Gasteiger partial charge in [0.2, 0.25) is 0 Å². The third-order valence-electron chi connectivity index (χ3n) is 2.29. The van der Waals surface area contributed by atoms with Crippen molar-refractivity contribution in [1.82, 2.24) is 5.32 Å². The van der Waals surface area contributed by atoms with E-state index in [0.29, 0.717) is 0 Å². The highest BCUT2D eigenvalue weighted by Crippen LogP contribution is 2.21. The van der Waals surface area contributed by atoms with E-state index in [1.54, 1.807) is 13.0 Å². The Morgan fingerprint density at radius 2 is 2.00 bits per heavy atom. The topological polar surface area (TPSA) is 119 Å². The molecule has 1 aromatic rings. The van der Waals surface area contributed by atoms with Gasteiger partial charge in [-0.15, -0.1) is 0 Å². The molecule has 0 saturated heterocycles. The van der Waals surface area contributed by atoms with E-state index in [0.717, 1.165) is 5.56 Å². The Hall–Kier alpha value is -2.57. The number of primary amides is 1. The summed E-state index contributed by atoms with van der Waals surface area (Å²) in [5.41, 5.74) is 5.52. The Kier molecular flexibility index (Phi) is 4.46. The highest BCUT2D eigenvalue weighted by atomic mass is 16.5. The summed E-state index contributed by atoms with van der Waals surface area (Å²) < 4.78 is 5.25. The maximum atomic E-state index is 11.4. The Balaban J connectivity index is 2.92. The number of nitrogens with one attached hydrogen (secondary N) is 1. The molecular formula is C12H14N2O5. The lowest BCUT2D eigenvalue weighted by Crippen LogP contribution is -2.42. The summed E-state index contributed by atoms with van der Waals surface area (Å²) in [4.78, 5) is 33.0. The number of rotatable bonds is 4. The van der Waals surface area contributed by atoms with E-state index in [-0.39, 0.29) is 11.3 Å². The molecule has 1 unspecified atom stereocenters. The van der Waals surface area contributed by atoms with Gasteiger partial charge in [-0.05, 0) is 31.5 Å². The molecule has 0 heterocycles. The minimum absolute atomic E-state index is 0.0552. The van der Waals surface area contributed by atoms with E-state index in [9.17, 15) is 14.4 Å². The van der Waals surface area contributed by atoms with E-state index in [1.165, 1.54) is 19.1 Å². The number of hydrogen-bond donors (Lipinski definition) is 3. The Morgan fingerprint density at radius 3 is 2.53 bits per heavy atom. The van der Waals surface area contributed by atoms with E-state index in [4.69, 9.17) is 15.6 Å². The maximum Gasteiger partial charge on any atom is 0.339 e. The number of urea groups is 1. The van der Waals surface area contributed by atoms with Crippen molar-refractivity contribution in [3.63, 3.8) is 0 Å². The first kappa shape index (κ1) is 14.5. The van der Waals surface area contributed by atoms with Crippen molar-refractivity contribution in [3.8, 4) is 5.75 Å². The quantitative estimate of drug-likeness (QED) is 0.739. The van der Waals surface area contributed by atoms with E-state index in [1.807, 2.05) is 5.32 Å². The Morgan fingerprint density at radius 1 is 1.37 bits per heavy atom. The highest BCUT2D eigenvalue weighted by Gasteiger charge is 2.19. The number of benzene rings is 1. The number of aryl methyl sites for hydroxylation is 1. The second-order valence-electron chi connectivity index (χ2n) is 3.92. The minimum atomic E-state index is -1.17. The molecule has 0 bridgehead atoms. The predicted octanol–water partition coefficient (Wildman–Crippen LogP) is 0.655. The number of aromatic carboxylic acids is 1. The average molecular weight is 266 g/mol. The van der Waals surface area contributed by atoms with Crippen molar-refractivity contribution in [3.05, 3.63) is 29.3 Å². The van der Waals surface area contributed by atoms with Gasteiger partial charge in [0.15, 0.2) is 6.10 Å². The molecule has 0 radical (unpaired) electrons. The van der Waals surface area contributed by atoms with Crippen LogP contribution in [0.3, 0.4) is 0 Å². The first-order valence-corrected chi connectivity index (χ1v) is 5.42. The number of carbonyl (C=O) groups is 3. The minimum Gasteiger partial charge on any atom is -0.480 e. The van der Waals surface area contributed by atoms with Crippen LogP contribution in [0.1, 0.15) is 22.8 Å². The molecule has 19 heavy (non-hydrogen) atoms. The van der Waals surface area contributed by atoms with Gasteiger partial charge < -0.3 is 15.6 Å². The van der Waals surface area contributed by atoms with Gasteiger partial charge in [0.05, 0.1) is 0 Å². The summed E-state index contributed by atoms with van der Waals surface area (Å²) >= 11 is 0. The maximum absolute atomic E-state index is 11.4. The number of carbonyl (C=O) groups excluding carboxylic acids is 2. The molecule has 4 N–H and O–H groups in total. The van der Waals surface area contributed by atoms with Crippen LogP contribution >= 0.6 is 0 Å². The molecule has 1 atom stereocenters. The van der Waals surface area contributed by atoms with Gasteiger partial charge in [0, 0.05) is 0 Å². The van der Waals surface area contributed by atoms with Gasteiger partial charge in [-0.2, -0.15) is 0 Å². The van der Waals surface area contributed by atoms with Gasteiger partial charge in [-0.3, -0.25) is 10.1 Å². The lowest BCUT2D eigenvalue weighted by Gasteiger charge is -2.15. The van der Waals surface area contributed by atoms with Gasteiger partial charge in [-0.25, -0.2) is 9.59 Å². The molecule has 3 amide bonds. The lowest BCUT2D eigenvalue weighted by molar-refractivity contribution is -0.126. The van der Waals surface area contributed by atoms with Crippen LogP contribution < -0.4 is 15.8 Å². The van der Waals surface area contributed by atoms with Crippen LogP contribution in [-0.2, 0) is 4.79 Å². The molecule has 0 aromatic heterocycles. The summed E-state index contributed by atoms with van der Waals surface area (Å²) in [7, 11) is 0. The van der Waals surface area contributed by atoms with Gasteiger partial charge in [0.25, 0.3) is 5.91 Å². The standard InChI is InChI=1S/C12H14N2O5/c1-6-3-4-8(11(16)17)9(5-6)19-7(2)10(15)14-12(13)18/h3-5,7H,1-2H3,(H,16,17)(H3,13,14,15,18). The number of ether oxygens (including phenoxy) is 1. The predicted molar refractivity (Wildman–Crippen MR) is 66.0 cm³/mol. The molecule has 1 rings (SSSR count). The molecule has 0 fully saturated rings. The fraction of sp³-hybridized carbons (Fsp3) is 0.250. The zero-order valence-corrected chi connectivity index (χ0v) is 10.5. The molecule has 102 valence electrons. The van der Waals surface area contributed by atoms with Crippen molar-refractivity contribution in [1.29, 1.82) is 0 Å². The number of imide groups is 1. The fourth-order valence-corrected chi connectivity index (χ4v) is 1.37. The summed E-state index contributed by atoms with van der Waals surface area (Å²) in [6.45, 7) is 3.14. The number of nitrogens with two attached hydrogens (primary N) is 1. The monoisotopic (exact) mass is 266 g/mol. The van der Waals surface area contributed by atoms with Crippen LogP contribution in [-0.4, -0.2) is 29.1 Å². The summed E-state index contributed by atoms with van der Waals surface area (Å²) in [5.74, 6) is -1.86. The molecule has 1 aromatic carbocycles. The van der Waals surface area contributed by atoms with Gasteiger partial charge in [-0.1, -0.05) is 6.07 Å². The van der Waals surface area contributed by atoms with E-state index in [2.05, 4.69) is 0 Å². The molecule has 0 aliphatic carbocycles. The van der Waals surface area contributed by atoms with Gasteiger partial charge >= 0.3 is 12.0 Å². The van der Waals surface area contributed by atoms with Crippen molar-refractivity contribution < 1.29 is 24.2 Å². The van der Waals surface area contributed by atoms with Crippen LogP contribution in [0.5, 0.6) is 5.75 Å². The van der Waals surface area contributed by atoms with Crippen LogP contribution in [0.25, 0.3) is 0 Å². The third kappa shape index (κ3) is 3.98. The lowest BCUT2D eigenvalue weighted by atomic mass is 10.1. The zero-order chi connectivity index (χ0) is 14.6. The van der Waals surface area contributed by atoms with Crippen LogP contribution in [0.2, 0.25) is 0 Å². The van der Waals surface area contributed by atoms with Crippen LogP contribution in [0.15, 0.2) is 18.2 Å². The highest BCUT2D eigenvalue weighted by molar-refractivity contribution is 5.96. The Bertz CT molecular complexity index is 527. The summed E-state index contributed by atoms with van der Waals surface area (Å²) in [6.07, 6.45) is -1.05. The average Bonchev–Trinajstić information content (AvgIpc) is 2.27. The van der Waals surface area contributed by atoms with Crippen LogP contribution in [0, 0.1) is 6.92 Å². The molecule has 7 heteroatoms. The number of carboxylic acid groups (broad SMARTS) is 1. The number of carboxylic acids is 1. The largest absolute Gasteiger partial charge is 0.480 e. The number of hydrogen-bond acceptors (Lipinski definition) is 4. The second-order valence-corrected chi connectivity index (χ2v) is 3.92. The van der Waals surface area contributed by atoms with E-state index >= 15 is 0 Å². The summed E-state index contributed by atoms with van der Waals surface area (Å²) in [6, 6.07) is 3.50. The molecule has 0 aliphatic rings. The third-order valence-corrected chi connectivity index (χ3v) is 2.29. The van der Waals surface area contributed by atoms with Crippen molar-refractivity contribution in [2.24, 2.45) is 5.73 Å². The molecule has 7 nitrogen and oxygen atoms in total. The Labute approximate surface area is 109 Å². The van der Waals surface area contributed by atoms with Crippen molar-refractivity contribution in [2.75, 3.05) is 0 Å². The molecule has 0 saturated carbocycles. The fourth-order valence-electron chi connectivity index (χ4n) is 1.37. The zero-order valence-electron chi connectivity index (χ0n) is 10.5. The van der Waals surface area contributed by atoms with E-state index < -0.39 is 24.0 Å². The van der Waals surface area contributed by atoms with Crippen molar-refractivity contribution in [2.45, 2.75) is 20.0 Å². The van der Waals surface area contributed by atoms with Crippen molar-refractivity contribution >= 4 is 17.9 Å². The second kappa shape index (κ2) is 5.85. The first-order chi connectivity index (χ1) is 8.81. The number of amides is 3. The van der Waals surface area contributed by atoms with Gasteiger partial charge in [0.1, 0.15) is 11.3 Å². The SMILES string of the molecule is Cc1ccc(C(=O)O)c(OC(C)C(=O)NC(N)=O)c1. The normalized spacial score (nSPS) is 11.5. The first-order valence-electron chi connectivity index (χ1n) is 5.42. The smallest absolute Gasteiger partial charge is 0.339 e. The van der Waals surface area contributed by atoms with Crippen LogP contribution in [0.4, 0.5) is 4.79 Å². The molecule has 0 spiro atoms.